The molecule has 0 bridgehead atoms. The van der Waals surface area contributed by atoms with Crippen LogP contribution in [0.25, 0.3) is 0 Å². The standard InChI is InChI=1S/C26H27N5O3/c1-17-8-10-18(11-9-17)27-24(32)16-22-21-6-4-5-7-23(21)31(25(22)33)29-26(34)28-19-12-14-20(15-13-19)30(2)3/h4-15,22H,16H2,1-3H3,(H,27,32)(H2,28,29,34). The molecule has 0 saturated carbocycles. The van der Waals surface area contributed by atoms with E-state index in [1.807, 2.05) is 68.4 Å². The topological polar surface area (TPSA) is 93.8 Å². The van der Waals surface area contributed by atoms with Gasteiger partial charge in [-0.25, -0.2) is 15.2 Å². The number of carbonyl (C=O) groups is 3. The lowest BCUT2D eigenvalue weighted by Gasteiger charge is -2.19. The molecule has 8 nitrogen and oxygen atoms in total. The third-order valence-electron chi connectivity index (χ3n) is 5.65. The van der Waals surface area contributed by atoms with Crippen LogP contribution in [-0.2, 0) is 9.59 Å². The fourth-order valence-electron chi connectivity index (χ4n) is 3.84. The van der Waals surface area contributed by atoms with Gasteiger partial charge in [-0.2, -0.15) is 0 Å². The summed E-state index contributed by atoms with van der Waals surface area (Å²) in [7, 11) is 3.87. The average Bonchev–Trinajstić information content (AvgIpc) is 3.07. The predicted octanol–water partition coefficient (Wildman–Crippen LogP) is 4.26. The molecule has 1 aliphatic heterocycles. The van der Waals surface area contributed by atoms with Crippen LogP contribution in [0.1, 0.15) is 23.5 Å². The molecule has 8 heteroatoms. The number of hydrazine groups is 1. The van der Waals surface area contributed by atoms with Crippen LogP contribution in [0.4, 0.5) is 27.5 Å². The van der Waals surface area contributed by atoms with E-state index in [4.69, 9.17) is 0 Å². The fourth-order valence-corrected chi connectivity index (χ4v) is 3.84. The van der Waals surface area contributed by atoms with Gasteiger partial charge in [0.15, 0.2) is 0 Å². The van der Waals surface area contributed by atoms with Gasteiger partial charge in [-0.15, -0.1) is 0 Å². The number of hydrogen-bond donors (Lipinski definition) is 3. The van der Waals surface area contributed by atoms with Crippen LogP contribution in [0.3, 0.4) is 0 Å². The average molecular weight is 458 g/mol. The maximum Gasteiger partial charge on any atom is 0.338 e. The number of amides is 4. The van der Waals surface area contributed by atoms with Crippen LogP contribution in [0, 0.1) is 6.92 Å². The monoisotopic (exact) mass is 457 g/mol. The minimum atomic E-state index is -0.693. The summed E-state index contributed by atoms with van der Waals surface area (Å²) in [6.07, 6.45) is -0.0322. The number of rotatable bonds is 6. The van der Waals surface area contributed by atoms with Gasteiger partial charge in [0.25, 0.3) is 5.91 Å². The Morgan fingerprint density at radius 3 is 2.18 bits per heavy atom. The van der Waals surface area contributed by atoms with E-state index >= 15 is 0 Å². The lowest BCUT2D eigenvalue weighted by molar-refractivity contribution is -0.123. The minimum absolute atomic E-state index is 0.0322. The number of nitrogens with one attached hydrogen (secondary N) is 3. The van der Waals surface area contributed by atoms with E-state index in [1.165, 1.54) is 5.01 Å². The Morgan fingerprint density at radius 1 is 0.882 bits per heavy atom. The van der Waals surface area contributed by atoms with E-state index in [0.717, 1.165) is 11.3 Å². The first-order valence-electron chi connectivity index (χ1n) is 11.0. The summed E-state index contributed by atoms with van der Waals surface area (Å²) in [4.78, 5) is 40.5. The second-order valence-electron chi connectivity index (χ2n) is 8.41. The molecule has 0 aromatic heterocycles. The van der Waals surface area contributed by atoms with Crippen molar-refractivity contribution in [2.24, 2.45) is 0 Å². The highest BCUT2D eigenvalue weighted by molar-refractivity contribution is 6.09. The number of benzene rings is 3. The first kappa shape index (κ1) is 22.8. The number of hydrogen-bond acceptors (Lipinski definition) is 4. The van der Waals surface area contributed by atoms with Crippen molar-refractivity contribution in [1.82, 2.24) is 5.43 Å². The number of carbonyl (C=O) groups excluding carboxylic acids is 3. The molecule has 4 amide bonds. The van der Waals surface area contributed by atoms with Gasteiger partial charge < -0.3 is 15.5 Å². The Kier molecular flexibility index (Phi) is 6.49. The summed E-state index contributed by atoms with van der Waals surface area (Å²) in [6.45, 7) is 1.97. The van der Waals surface area contributed by atoms with Crippen LogP contribution < -0.4 is 26.0 Å². The quantitative estimate of drug-likeness (QED) is 0.516. The first-order chi connectivity index (χ1) is 16.3. The summed E-state index contributed by atoms with van der Waals surface area (Å²) >= 11 is 0. The first-order valence-corrected chi connectivity index (χ1v) is 11.0. The van der Waals surface area contributed by atoms with Crippen LogP contribution in [0.5, 0.6) is 0 Å². The highest BCUT2D eigenvalue weighted by atomic mass is 16.2. The number of para-hydroxylation sites is 1. The molecule has 0 aliphatic carbocycles. The highest BCUT2D eigenvalue weighted by Crippen LogP contribution is 2.38. The largest absolute Gasteiger partial charge is 0.378 e. The van der Waals surface area contributed by atoms with Gasteiger partial charge >= 0.3 is 6.03 Å². The molecule has 3 aromatic carbocycles. The summed E-state index contributed by atoms with van der Waals surface area (Å²) in [5.41, 5.74) is 7.23. The Balaban J connectivity index is 1.44. The van der Waals surface area contributed by atoms with Crippen LogP contribution >= 0.6 is 0 Å². The molecular formula is C26H27N5O3. The van der Waals surface area contributed by atoms with Gasteiger partial charge in [-0.3, -0.25) is 9.59 Å². The van der Waals surface area contributed by atoms with E-state index in [1.54, 1.807) is 30.3 Å². The summed E-state index contributed by atoms with van der Waals surface area (Å²) in [5.74, 6) is -1.33. The van der Waals surface area contributed by atoms with Gasteiger partial charge in [-0.05, 0) is 55.0 Å². The van der Waals surface area contributed by atoms with Gasteiger partial charge in [0.2, 0.25) is 5.91 Å². The van der Waals surface area contributed by atoms with Crippen molar-refractivity contribution in [1.29, 1.82) is 0 Å². The number of urea groups is 1. The minimum Gasteiger partial charge on any atom is -0.378 e. The Labute approximate surface area is 198 Å². The van der Waals surface area contributed by atoms with Crippen LogP contribution in [-0.4, -0.2) is 31.9 Å². The Morgan fingerprint density at radius 2 is 1.50 bits per heavy atom. The molecule has 1 aliphatic rings. The zero-order valence-electron chi connectivity index (χ0n) is 19.3. The second kappa shape index (κ2) is 9.66. The summed E-state index contributed by atoms with van der Waals surface area (Å²) in [5, 5.41) is 6.78. The zero-order chi connectivity index (χ0) is 24.2. The molecule has 3 N–H and O–H groups in total. The van der Waals surface area contributed by atoms with Crippen molar-refractivity contribution >= 4 is 40.6 Å². The van der Waals surface area contributed by atoms with Crippen molar-refractivity contribution in [2.45, 2.75) is 19.3 Å². The molecule has 34 heavy (non-hydrogen) atoms. The third kappa shape index (κ3) is 5.01. The molecule has 1 heterocycles. The van der Waals surface area contributed by atoms with Crippen molar-refractivity contribution in [2.75, 3.05) is 34.6 Å². The lowest BCUT2D eigenvalue weighted by atomic mass is 9.97. The maximum atomic E-state index is 13.2. The SMILES string of the molecule is Cc1ccc(NC(=O)CC2C(=O)N(NC(=O)Nc3ccc(N(C)C)cc3)c3ccccc32)cc1. The molecule has 0 spiro atoms. The predicted molar refractivity (Wildman–Crippen MR) is 134 cm³/mol. The molecule has 0 radical (unpaired) electrons. The van der Waals surface area contributed by atoms with Crippen LogP contribution in [0.2, 0.25) is 0 Å². The van der Waals surface area contributed by atoms with Crippen LogP contribution in [0.15, 0.2) is 72.8 Å². The number of fused-ring (bicyclic) bond motifs is 1. The molecule has 1 atom stereocenters. The van der Waals surface area contributed by atoms with Crippen molar-refractivity contribution < 1.29 is 14.4 Å². The fraction of sp³-hybridized carbons (Fsp3) is 0.192. The summed E-state index contributed by atoms with van der Waals surface area (Å²) in [6, 6.07) is 21.4. The van der Waals surface area contributed by atoms with E-state index < -0.39 is 11.9 Å². The molecule has 3 aromatic rings. The normalized spacial score (nSPS) is 14.4. The van der Waals surface area contributed by atoms with E-state index in [9.17, 15) is 14.4 Å². The third-order valence-corrected chi connectivity index (χ3v) is 5.65. The van der Waals surface area contributed by atoms with Gasteiger partial charge in [-0.1, -0.05) is 35.9 Å². The van der Waals surface area contributed by atoms with E-state index in [-0.39, 0.29) is 18.2 Å². The van der Waals surface area contributed by atoms with E-state index in [2.05, 4.69) is 16.1 Å². The smallest absolute Gasteiger partial charge is 0.338 e. The van der Waals surface area contributed by atoms with Gasteiger partial charge in [0, 0.05) is 37.6 Å². The molecule has 4 rings (SSSR count). The van der Waals surface area contributed by atoms with Crippen molar-refractivity contribution in [3.63, 3.8) is 0 Å². The highest BCUT2D eigenvalue weighted by Gasteiger charge is 2.39. The zero-order valence-corrected chi connectivity index (χ0v) is 19.3. The number of anilines is 4. The van der Waals surface area contributed by atoms with Gasteiger partial charge in [0.05, 0.1) is 11.6 Å². The lowest BCUT2D eigenvalue weighted by Crippen LogP contribution is -2.47. The Hall–Kier alpha value is -4.33. The molecule has 0 saturated heterocycles. The number of aryl methyl sites for hydroxylation is 1. The molecule has 0 fully saturated rings. The van der Waals surface area contributed by atoms with Crippen molar-refractivity contribution in [3.8, 4) is 0 Å². The Bertz CT molecular complexity index is 1210. The van der Waals surface area contributed by atoms with E-state index in [0.29, 0.717) is 22.6 Å². The molecule has 1 unspecified atom stereocenters. The maximum absolute atomic E-state index is 13.2. The molecule has 174 valence electrons. The van der Waals surface area contributed by atoms with Crippen molar-refractivity contribution in [3.05, 3.63) is 83.9 Å². The number of nitrogens with zero attached hydrogens (tertiary/aromatic N) is 2. The molecular weight excluding hydrogens is 430 g/mol. The second-order valence-corrected chi connectivity index (χ2v) is 8.41. The summed E-state index contributed by atoms with van der Waals surface area (Å²) < 4.78 is 0. The van der Waals surface area contributed by atoms with Gasteiger partial charge in [0.1, 0.15) is 0 Å².